The first-order valence-electron chi connectivity index (χ1n) is 11.5. The highest BCUT2D eigenvalue weighted by atomic mass is 32.2. The number of nitro benzene ring substituents is 1. The van der Waals surface area contributed by atoms with Crippen LogP contribution in [0.3, 0.4) is 0 Å². The average molecular weight is 507 g/mol. The summed E-state index contributed by atoms with van der Waals surface area (Å²) in [5, 5.41) is 13.8. The number of hydrogen-bond acceptors (Lipinski definition) is 8. The van der Waals surface area contributed by atoms with Gasteiger partial charge in [-0.05, 0) is 37.0 Å². The van der Waals surface area contributed by atoms with Gasteiger partial charge in [-0.1, -0.05) is 42.1 Å². The number of fused-ring (bicyclic) bond motifs is 1. The van der Waals surface area contributed by atoms with Crippen LogP contribution in [0.25, 0.3) is 5.70 Å². The number of thioether (sulfide) groups is 1. The number of rotatable bonds is 8. The lowest BCUT2D eigenvalue weighted by Gasteiger charge is -2.37. The van der Waals surface area contributed by atoms with E-state index in [1.165, 1.54) is 23.9 Å². The third-order valence-electron chi connectivity index (χ3n) is 6.00. The Morgan fingerprint density at radius 3 is 2.44 bits per heavy atom. The lowest BCUT2D eigenvalue weighted by Crippen LogP contribution is -2.38. The number of hydrogen-bond donors (Lipinski definition) is 0. The Labute approximate surface area is 213 Å². The fraction of sp³-hybridized carbons (Fsp3) is 0.269. The summed E-state index contributed by atoms with van der Waals surface area (Å²) in [5.41, 5.74) is 2.82. The van der Waals surface area contributed by atoms with Gasteiger partial charge >= 0.3 is 5.97 Å². The van der Waals surface area contributed by atoms with Crippen molar-refractivity contribution in [2.45, 2.75) is 26.3 Å². The summed E-state index contributed by atoms with van der Waals surface area (Å²) in [6.45, 7) is 4.37. The molecule has 2 aliphatic heterocycles. The first kappa shape index (κ1) is 25.2. The minimum absolute atomic E-state index is 0.0558. The number of non-ortho nitro benzene ring substituents is 1. The van der Waals surface area contributed by atoms with Gasteiger partial charge in [-0.3, -0.25) is 14.9 Å². The zero-order valence-electron chi connectivity index (χ0n) is 20.2. The van der Waals surface area contributed by atoms with Gasteiger partial charge in [0.1, 0.15) is 0 Å². The van der Waals surface area contributed by atoms with Crippen LogP contribution in [0.1, 0.15) is 37.4 Å². The summed E-state index contributed by atoms with van der Waals surface area (Å²) in [7, 11) is 1.74. The Balaban J connectivity index is 1.89. The van der Waals surface area contributed by atoms with Crippen molar-refractivity contribution in [2.24, 2.45) is 4.99 Å². The fourth-order valence-corrected chi connectivity index (χ4v) is 4.97. The molecule has 0 bridgehead atoms. The van der Waals surface area contributed by atoms with Crippen molar-refractivity contribution in [3.63, 3.8) is 0 Å². The van der Waals surface area contributed by atoms with Gasteiger partial charge in [0.05, 0.1) is 35.3 Å². The molecule has 0 saturated carbocycles. The number of nitrogens with zero attached hydrogens (tertiary/aromatic N) is 4. The summed E-state index contributed by atoms with van der Waals surface area (Å²) < 4.78 is 5.46. The van der Waals surface area contributed by atoms with Crippen molar-refractivity contribution in [3.8, 4) is 0 Å². The molecule has 186 valence electrons. The maximum Gasteiger partial charge on any atom is 0.338 e. The van der Waals surface area contributed by atoms with E-state index in [-0.39, 0.29) is 24.6 Å². The maximum absolute atomic E-state index is 13.4. The van der Waals surface area contributed by atoms with Gasteiger partial charge in [-0.2, -0.15) is 0 Å². The number of carbonyl (C=O) groups is 2. The second kappa shape index (κ2) is 10.8. The van der Waals surface area contributed by atoms with Crippen LogP contribution in [0.5, 0.6) is 0 Å². The predicted octanol–water partition coefficient (Wildman–Crippen LogP) is 4.74. The van der Waals surface area contributed by atoms with E-state index in [9.17, 15) is 19.7 Å². The highest BCUT2D eigenvalue weighted by molar-refractivity contribution is 8.16. The average Bonchev–Trinajstić information content (AvgIpc) is 3.29. The smallest absolute Gasteiger partial charge is 0.338 e. The molecule has 0 aromatic heterocycles. The number of amidine groups is 1. The molecule has 36 heavy (non-hydrogen) atoms. The summed E-state index contributed by atoms with van der Waals surface area (Å²) in [5.74, 6) is -0.598. The Bertz CT molecular complexity index is 1270. The van der Waals surface area contributed by atoms with Crippen LogP contribution >= 0.6 is 11.8 Å². The van der Waals surface area contributed by atoms with E-state index in [2.05, 4.69) is 0 Å². The molecule has 1 amide bonds. The molecule has 2 aromatic carbocycles. The zero-order chi connectivity index (χ0) is 25.8. The quantitative estimate of drug-likeness (QED) is 0.289. The monoisotopic (exact) mass is 506 g/mol. The molecule has 9 nitrogen and oxygen atoms in total. The van der Waals surface area contributed by atoms with E-state index < -0.39 is 16.9 Å². The number of carbonyl (C=O) groups excluding carboxylic acids is 2. The van der Waals surface area contributed by atoms with Crippen LogP contribution in [0.15, 0.2) is 76.3 Å². The molecular weight excluding hydrogens is 480 g/mol. The van der Waals surface area contributed by atoms with E-state index in [1.54, 1.807) is 31.0 Å². The molecule has 2 heterocycles. The van der Waals surface area contributed by atoms with Crippen molar-refractivity contribution >= 4 is 40.2 Å². The van der Waals surface area contributed by atoms with Crippen LogP contribution in [-0.2, 0) is 14.3 Å². The molecular formula is C26H26N4O5S. The van der Waals surface area contributed by atoms with Gasteiger partial charge in [0.15, 0.2) is 5.17 Å². The van der Waals surface area contributed by atoms with E-state index in [4.69, 9.17) is 9.73 Å². The molecule has 0 radical (unpaired) electrons. The number of esters is 1. The summed E-state index contributed by atoms with van der Waals surface area (Å²) >= 11 is 1.38. The van der Waals surface area contributed by atoms with Crippen LogP contribution in [0, 0.1) is 10.1 Å². The van der Waals surface area contributed by atoms with Gasteiger partial charge in [-0.25, -0.2) is 9.79 Å². The van der Waals surface area contributed by atoms with Gasteiger partial charge in [0, 0.05) is 37.0 Å². The molecule has 0 aliphatic carbocycles. The van der Waals surface area contributed by atoms with Crippen LogP contribution < -0.4 is 0 Å². The number of amides is 1. The molecule has 0 saturated heterocycles. The van der Waals surface area contributed by atoms with E-state index in [0.717, 1.165) is 5.56 Å². The molecule has 10 heteroatoms. The first-order chi connectivity index (χ1) is 17.3. The molecule has 4 rings (SSSR count). The Morgan fingerprint density at radius 2 is 1.83 bits per heavy atom. The highest BCUT2D eigenvalue weighted by Gasteiger charge is 2.42. The lowest BCUT2D eigenvalue weighted by atomic mass is 9.91. The van der Waals surface area contributed by atoms with Crippen molar-refractivity contribution in [1.82, 2.24) is 9.80 Å². The van der Waals surface area contributed by atoms with Crippen molar-refractivity contribution < 1.29 is 19.2 Å². The van der Waals surface area contributed by atoms with E-state index >= 15 is 0 Å². The van der Waals surface area contributed by atoms with Crippen LogP contribution in [-0.4, -0.2) is 52.0 Å². The van der Waals surface area contributed by atoms with Crippen molar-refractivity contribution in [1.29, 1.82) is 0 Å². The van der Waals surface area contributed by atoms with Gasteiger partial charge < -0.3 is 14.5 Å². The minimum atomic E-state index is -0.687. The van der Waals surface area contributed by atoms with Crippen molar-refractivity contribution in [2.75, 3.05) is 20.2 Å². The predicted molar refractivity (Wildman–Crippen MR) is 139 cm³/mol. The van der Waals surface area contributed by atoms with E-state index in [0.29, 0.717) is 34.2 Å². The summed E-state index contributed by atoms with van der Waals surface area (Å²) in [6, 6.07) is 14.7. The second-order valence-electron chi connectivity index (χ2n) is 8.18. The van der Waals surface area contributed by atoms with Crippen LogP contribution in [0.4, 0.5) is 5.69 Å². The van der Waals surface area contributed by atoms with Gasteiger partial charge in [0.25, 0.3) is 5.69 Å². The topological polar surface area (TPSA) is 105 Å². The summed E-state index contributed by atoms with van der Waals surface area (Å²) in [6.07, 6.45) is 0.122. The first-order valence-corrected chi connectivity index (χ1v) is 12.4. The minimum Gasteiger partial charge on any atom is -0.463 e. The molecule has 0 spiro atoms. The highest BCUT2D eigenvalue weighted by Crippen LogP contribution is 2.47. The SMILES string of the molecule is CCOC(=O)C1=C(c2ccccc2)N=C2SC=C(CC(=O)N(C)CC)N2C1c1ccc([N+](=O)[O-])cc1. The Morgan fingerprint density at radius 1 is 1.14 bits per heavy atom. The molecule has 0 N–H and O–H groups in total. The lowest BCUT2D eigenvalue weighted by molar-refractivity contribution is -0.384. The van der Waals surface area contributed by atoms with Gasteiger partial charge in [-0.15, -0.1) is 0 Å². The number of benzene rings is 2. The maximum atomic E-state index is 13.4. The molecule has 2 aliphatic rings. The van der Waals surface area contributed by atoms with Gasteiger partial charge in [0.2, 0.25) is 5.91 Å². The Hall–Kier alpha value is -3.92. The molecule has 1 atom stereocenters. The molecule has 0 fully saturated rings. The standard InChI is InChI=1S/C26H26N4O5S/c1-4-28(3)21(31)15-20-16-36-26-27-23(17-9-7-6-8-10-17)22(25(32)35-5-2)24(29(20)26)18-11-13-19(14-12-18)30(33)34/h6-14,16,24H,4-5,15H2,1-3H3. The second-order valence-corrected chi connectivity index (χ2v) is 9.01. The van der Waals surface area contributed by atoms with Crippen LogP contribution in [0.2, 0.25) is 0 Å². The molecule has 2 aromatic rings. The Kier molecular flexibility index (Phi) is 7.54. The molecule has 1 unspecified atom stereocenters. The van der Waals surface area contributed by atoms with E-state index in [1.807, 2.05) is 47.6 Å². The largest absolute Gasteiger partial charge is 0.463 e. The number of aliphatic imine (C=N–C) groups is 1. The third kappa shape index (κ3) is 4.90. The van der Waals surface area contributed by atoms with Crippen molar-refractivity contribution in [3.05, 3.63) is 92.5 Å². The third-order valence-corrected chi connectivity index (χ3v) is 6.89. The zero-order valence-corrected chi connectivity index (χ0v) is 21.0. The summed E-state index contributed by atoms with van der Waals surface area (Å²) in [4.78, 5) is 45.4. The number of ether oxygens (including phenoxy) is 1. The fourth-order valence-electron chi connectivity index (χ4n) is 4.05. The normalized spacial score (nSPS) is 16.8. The number of nitro groups is 1.